The molecule has 1 fully saturated rings. The van der Waals surface area contributed by atoms with E-state index in [4.69, 9.17) is 15.7 Å². The summed E-state index contributed by atoms with van der Waals surface area (Å²) in [5, 5.41) is 14.0. The Morgan fingerprint density at radius 2 is 2.15 bits per heavy atom. The highest BCUT2D eigenvalue weighted by Gasteiger charge is 2.11. The quantitative estimate of drug-likeness (QED) is 0.327. The third kappa shape index (κ3) is 3.61. The number of methoxy groups -OCH3 is 1. The number of hydrogen-bond donors (Lipinski definition) is 3. The zero-order valence-corrected chi connectivity index (χ0v) is 11.8. The molecule has 0 atom stereocenters. The lowest BCUT2D eigenvalue weighted by molar-refractivity contribution is 0.151. The van der Waals surface area contributed by atoms with E-state index < -0.39 is 0 Å². The van der Waals surface area contributed by atoms with Crippen molar-refractivity contribution in [3.05, 3.63) is 29.3 Å². The summed E-state index contributed by atoms with van der Waals surface area (Å²) in [6.07, 6.45) is 3.82. The van der Waals surface area contributed by atoms with Crippen molar-refractivity contribution >= 4 is 5.84 Å². The number of rotatable bonds is 5. The molecular formula is C14H22N4O2. The van der Waals surface area contributed by atoms with Gasteiger partial charge in [-0.3, -0.25) is 5.43 Å². The minimum Gasteiger partial charge on any atom is -0.496 e. The average molecular weight is 278 g/mol. The van der Waals surface area contributed by atoms with Crippen molar-refractivity contribution in [1.29, 1.82) is 0 Å². The summed E-state index contributed by atoms with van der Waals surface area (Å²) in [4.78, 5) is 0. The number of hydrogen-bond acceptors (Lipinski definition) is 5. The molecule has 0 aromatic heterocycles. The van der Waals surface area contributed by atoms with Crippen molar-refractivity contribution in [1.82, 2.24) is 10.4 Å². The van der Waals surface area contributed by atoms with Crippen LogP contribution in [0.4, 0.5) is 0 Å². The van der Waals surface area contributed by atoms with Gasteiger partial charge < -0.3 is 15.7 Å². The number of amidine groups is 1. The molecule has 0 spiro atoms. The Bertz CT molecular complexity index is 470. The van der Waals surface area contributed by atoms with Crippen LogP contribution < -0.4 is 15.9 Å². The number of nitrogens with two attached hydrogens (primary N) is 1. The fourth-order valence-electron chi connectivity index (χ4n) is 2.37. The van der Waals surface area contributed by atoms with Crippen LogP contribution in [0.25, 0.3) is 0 Å². The lowest BCUT2D eigenvalue weighted by atomic mass is 10.1. The smallest absolute Gasteiger partial charge is 0.173 e. The highest BCUT2D eigenvalue weighted by Crippen LogP contribution is 2.20. The largest absolute Gasteiger partial charge is 0.496 e. The van der Waals surface area contributed by atoms with E-state index >= 15 is 0 Å². The summed E-state index contributed by atoms with van der Waals surface area (Å²) < 4.78 is 5.29. The van der Waals surface area contributed by atoms with Gasteiger partial charge >= 0.3 is 0 Å². The Labute approximate surface area is 119 Å². The van der Waals surface area contributed by atoms with Gasteiger partial charge in [0.05, 0.1) is 12.7 Å². The lowest BCUT2D eigenvalue weighted by Crippen LogP contribution is -2.41. The maximum atomic E-state index is 8.74. The van der Waals surface area contributed by atoms with E-state index in [2.05, 4.69) is 15.6 Å². The molecule has 110 valence electrons. The summed E-state index contributed by atoms with van der Waals surface area (Å²) in [6, 6.07) is 5.66. The van der Waals surface area contributed by atoms with Crippen LogP contribution in [0, 0.1) is 0 Å². The van der Waals surface area contributed by atoms with Gasteiger partial charge in [-0.25, -0.2) is 5.01 Å². The van der Waals surface area contributed by atoms with Crippen LogP contribution in [-0.2, 0) is 6.54 Å². The van der Waals surface area contributed by atoms with Gasteiger partial charge in [0.15, 0.2) is 5.84 Å². The summed E-state index contributed by atoms with van der Waals surface area (Å²) in [5.74, 6) is 0.663. The molecule has 2 rings (SSSR count). The Kier molecular flexibility index (Phi) is 5.20. The molecule has 0 aliphatic carbocycles. The van der Waals surface area contributed by atoms with Crippen LogP contribution in [-0.4, -0.2) is 36.3 Å². The molecular weight excluding hydrogens is 256 g/mol. The molecule has 20 heavy (non-hydrogen) atoms. The fourth-order valence-corrected chi connectivity index (χ4v) is 2.37. The maximum absolute atomic E-state index is 8.74. The number of benzene rings is 1. The molecule has 1 aromatic rings. The Morgan fingerprint density at radius 3 is 2.80 bits per heavy atom. The van der Waals surface area contributed by atoms with Crippen molar-refractivity contribution in [2.45, 2.75) is 25.8 Å². The SMILES string of the molecule is COc1cc(CNN2CCCCC2)ccc1/C(N)=N/O. The average Bonchev–Trinajstić information content (AvgIpc) is 2.52. The second-order valence-electron chi connectivity index (χ2n) is 4.90. The van der Waals surface area contributed by atoms with Crippen molar-refractivity contribution in [2.24, 2.45) is 10.9 Å². The van der Waals surface area contributed by atoms with Gasteiger partial charge in [-0.15, -0.1) is 0 Å². The van der Waals surface area contributed by atoms with E-state index in [1.165, 1.54) is 19.3 Å². The van der Waals surface area contributed by atoms with Crippen LogP contribution in [0.15, 0.2) is 23.4 Å². The lowest BCUT2D eigenvalue weighted by Gasteiger charge is -2.27. The Morgan fingerprint density at radius 1 is 1.40 bits per heavy atom. The zero-order chi connectivity index (χ0) is 14.4. The predicted octanol–water partition coefficient (Wildman–Crippen LogP) is 1.28. The Balaban J connectivity index is 2.01. The molecule has 1 heterocycles. The minimum atomic E-state index is 0.0531. The van der Waals surface area contributed by atoms with E-state index in [-0.39, 0.29) is 5.84 Å². The standard InChI is InChI=1S/C14H22N4O2/c1-20-13-9-11(5-6-12(13)14(15)17-19)10-16-18-7-3-2-4-8-18/h5-6,9,16,19H,2-4,7-8,10H2,1H3,(H2,15,17). The summed E-state index contributed by atoms with van der Waals surface area (Å²) in [7, 11) is 1.57. The van der Waals surface area contributed by atoms with Crippen molar-refractivity contribution in [3.8, 4) is 5.75 Å². The van der Waals surface area contributed by atoms with Crippen molar-refractivity contribution < 1.29 is 9.94 Å². The topological polar surface area (TPSA) is 83.1 Å². The molecule has 1 saturated heterocycles. The van der Waals surface area contributed by atoms with Gasteiger partial charge in [-0.2, -0.15) is 0 Å². The Hall–Kier alpha value is -1.79. The number of hydrazine groups is 1. The summed E-state index contributed by atoms with van der Waals surface area (Å²) in [6.45, 7) is 2.94. The molecule has 1 aromatic carbocycles. The van der Waals surface area contributed by atoms with E-state index in [1.807, 2.05) is 12.1 Å². The van der Waals surface area contributed by atoms with E-state index in [1.54, 1.807) is 13.2 Å². The highest BCUT2D eigenvalue weighted by atomic mass is 16.5. The predicted molar refractivity (Wildman–Crippen MR) is 77.8 cm³/mol. The molecule has 1 aliphatic rings. The van der Waals surface area contributed by atoms with Crippen molar-refractivity contribution in [2.75, 3.05) is 20.2 Å². The first-order valence-corrected chi connectivity index (χ1v) is 6.88. The van der Waals surface area contributed by atoms with Crippen LogP contribution in [0.1, 0.15) is 30.4 Å². The molecule has 0 saturated carbocycles. The number of nitrogens with one attached hydrogen (secondary N) is 1. The van der Waals surface area contributed by atoms with E-state index in [0.717, 1.165) is 25.2 Å². The number of ether oxygens (including phenoxy) is 1. The highest BCUT2D eigenvalue weighted by molar-refractivity contribution is 5.99. The van der Waals surface area contributed by atoms with Gasteiger partial charge in [0.2, 0.25) is 0 Å². The molecule has 6 nitrogen and oxygen atoms in total. The van der Waals surface area contributed by atoms with Crippen LogP contribution in [0.3, 0.4) is 0 Å². The monoisotopic (exact) mass is 278 g/mol. The van der Waals surface area contributed by atoms with Gasteiger partial charge in [-0.1, -0.05) is 17.6 Å². The second-order valence-corrected chi connectivity index (χ2v) is 4.90. The normalized spacial score (nSPS) is 17.1. The minimum absolute atomic E-state index is 0.0531. The van der Waals surface area contributed by atoms with Crippen LogP contribution >= 0.6 is 0 Å². The molecule has 1 aliphatic heterocycles. The number of oxime groups is 1. The van der Waals surface area contributed by atoms with Gasteiger partial charge in [0.25, 0.3) is 0 Å². The molecule has 4 N–H and O–H groups in total. The number of nitrogens with zero attached hydrogens (tertiary/aromatic N) is 2. The molecule has 0 amide bonds. The summed E-state index contributed by atoms with van der Waals surface area (Å²) in [5.41, 5.74) is 10.7. The van der Waals surface area contributed by atoms with Crippen molar-refractivity contribution in [3.63, 3.8) is 0 Å². The van der Waals surface area contributed by atoms with Crippen LogP contribution in [0.2, 0.25) is 0 Å². The first-order chi connectivity index (χ1) is 9.74. The van der Waals surface area contributed by atoms with E-state index in [0.29, 0.717) is 11.3 Å². The second kappa shape index (κ2) is 7.12. The third-order valence-electron chi connectivity index (χ3n) is 3.51. The van der Waals surface area contributed by atoms with Gasteiger partial charge in [0, 0.05) is 19.6 Å². The van der Waals surface area contributed by atoms with Gasteiger partial charge in [0.1, 0.15) is 5.75 Å². The molecule has 0 unspecified atom stereocenters. The van der Waals surface area contributed by atoms with E-state index in [9.17, 15) is 0 Å². The number of piperidine rings is 1. The first kappa shape index (κ1) is 14.6. The maximum Gasteiger partial charge on any atom is 0.173 e. The summed E-state index contributed by atoms with van der Waals surface area (Å²) >= 11 is 0. The molecule has 0 bridgehead atoms. The molecule has 6 heteroatoms. The van der Waals surface area contributed by atoms with Gasteiger partial charge in [-0.05, 0) is 30.5 Å². The fraction of sp³-hybridized carbons (Fsp3) is 0.500. The molecule has 0 radical (unpaired) electrons. The third-order valence-corrected chi connectivity index (χ3v) is 3.51. The zero-order valence-electron chi connectivity index (χ0n) is 11.8. The first-order valence-electron chi connectivity index (χ1n) is 6.88. The van der Waals surface area contributed by atoms with Crippen LogP contribution in [0.5, 0.6) is 5.75 Å².